The third-order valence-electron chi connectivity index (χ3n) is 3.75. The van der Waals surface area contributed by atoms with Gasteiger partial charge < -0.3 is 10.4 Å². The fourth-order valence-electron chi connectivity index (χ4n) is 2.68. The first kappa shape index (κ1) is 14.6. The van der Waals surface area contributed by atoms with Gasteiger partial charge in [-0.3, -0.25) is 4.79 Å². The van der Waals surface area contributed by atoms with Crippen LogP contribution in [-0.2, 0) is 0 Å². The molecular weight excluding hydrogens is 353 g/mol. The normalized spacial score (nSPS) is 15.6. The molecule has 1 aliphatic carbocycles. The Morgan fingerprint density at radius 3 is 2.84 bits per heavy atom. The average Bonchev–Trinajstić information content (AvgIpc) is 2.90. The lowest BCUT2D eigenvalue weighted by molar-refractivity contribution is 0.0949. The SMILES string of the molecule is O=C(NCCCC1CCCC1)c1cc(I)ccc1O. The molecule has 0 unspecified atom stereocenters. The number of nitrogens with one attached hydrogen (secondary N) is 1. The molecule has 0 atom stereocenters. The number of benzene rings is 1. The van der Waals surface area contributed by atoms with Crippen LogP contribution in [0.1, 0.15) is 48.9 Å². The molecule has 3 nitrogen and oxygen atoms in total. The summed E-state index contributed by atoms with van der Waals surface area (Å²) in [6, 6.07) is 5.06. The van der Waals surface area contributed by atoms with Crippen LogP contribution in [0.2, 0.25) is 0 Å². The van der Waals surface area contributed by atoms with Gasteiger partial charge in [-0.2, -0.15) is 0 Å². The minimum Gasteiger partial charge on any atom is -0.507 e. The van der Waals surface area contributed by atoms with Crippen molar-refractivity contribution in [1.29, 1.82) is 0 Å². The van der Waals surface area contributed by atoms with Crippen molar-refractivity contribution >= 4 is 28.5 Å². The molecular formula is C15H20INO2. The Bertz CT molecular complexity index is 442. The zero-order chi connectivity index (χ0) is 13.7. The fourth-order valence-corrected chi connectivity index (χ4v) is 3.17. The molecule has 1 aromatic carbocycles. The second kappa shape index (κ2) is 7.12. The lowest BCUT2D eigenvalue weighted by Crippen LogP contribution is -2.24. The van der Waals surface area contributed by atoms with Crippen LogP contribution >= 0.6 is 22.6 Å². The number of rotatable bonds is 5. The topological polar surface area (TPSA) is 49.3 Å². The van der Waals surface area contributed by atoms with Crippen molar-refractivity contribution in [3.63, 3.8) is 0 Å². The van der Waals surface area contributed by atoms with E-state index in [2.05, 4.69) is 27.9 Å². The molecule has 2 rings (SSSR count). The first-order chi connectivity index (χ1) is 9.16. The van der Waals surface area contributed by atoms with Gasteiger partial charge in [-0.05, 0) is 59.5 Å². The highest BCUT2D eigenvalue weighted by Crippen LogP contribution is 2.28. The summed E-state index contributed by atoms with van der Waals surface area (Å²) >= 11 is 2.13. The number of amides is 1. The van der Waals surface area contributed by atoms with E-state index in [1.165, 1.54) is 32.1 Å². The van der Waals surface area contributed by atoms with Gasteiger partial charge in [0.15, 0.2) is 0 Å². The maximum absolute atomic E-state index is 11.9. The summed E-state index contributed by atoms with van der Waals surface area (Å²) in [6.45, 7) is 0.695. The van der Waals surface area contributed by atoms with E-state index in [1.807, 2.05) is 0 Å². The standard InChI is InChI=1S/C15H20INO2/c16-12-7-8-14(18)13(10-12)15(19)17-9-3-6-11-4-1-2-5-11/h7-8,10-11,18H,1-6,9H2,(H,17,19). The summed E-state index contributed by atoms with van der Waals surface area (Å²) in [5.74, 6) is 0.735. The monoisotopic (exact) mass is 373 g/mol. The van der Waals surface area contributed by atoms with Crippen molar-refractivity contribution in [2.75, 3.05) is 6.54 Å². The van der Waals surface area contributed by atoms with Crippen molar-refractivity contribution in [3.8, 4) is 5.75 Å². The van der Waals surface area contributed by atoms with E-state index in [9.17, 15) is 9.90 Å². The van der Waals surface area contributed by atoms with E-state index in [-0.39, 0.29) is 11.7 Å². The lowest BCUT2D eigenvalue weighted by Gasteiger charge is -2.10. The highest BCUT2D eigenvalue weighted by molar-refractivity contribution is 14.1. The maximum atomic E-state index is 11.9. The predicted octanol–water partition coefficient (Wildman–Crippen LogP) is 3.70. The van der Waals surface area contributed by atoms with Crippen molar-refractivity contribution in [3.05, 3.63) is 27.3 Å². The molecule has 0 spiro atoms. The number of phenolic OH excluding ortho intramolecular Hbond substituents is 1. The third-order valence-corrected chi connectivity index (χ3v) is 4.42. The van der Waals surface area contributed by atoms with Crippen LogP contribution in [0.4, 0.5) is 0 Å². The summed E-state index contributed by atoms with van der Waals surface area (Å²) < 4.78 is 0.950. The van der Waals surface area contributed by atoms with E-state index < -0.39 is 0 Å². The average molecular weight is 373 g/mol. The van der Waals surface area contributed by atoms with Crippen molar-refractivity contribution < 1.29 is 9.90 Å². The Morgan fingerprint density at radius 2 is 2.11 bits per heavy atom. The van der Waals surface area contributed by atoms with Crippen LogP contribution < -0.4 is 5.32 Å². The number of carbonyl (C=O) groups is 1. The largest absolute Gasteiger partial charge is 0.507 e. The maximum Gasteiger partial charge on any atom is 0.255 e. The van der Waals surface area contributed by atoms with E-state index in [4.69, 9.17) is 0 Å². The molecule has 0 saturated heterocycles. The molecule has 0 aliphatic heterocycles. The molecule has 1 aromatic rings. The molecule has 0 bridgehead atoms. The van der Waals surface area contributed by atoms with Gasteiger partial charge in [0.1, 0.15) is 5.75 Å². The lowest BCUT2D eigenvalue weighted by atomic mass is 10.0. The predicted molar refractivity (Wildman–Crippen MR) is 84.3 cm³/mol. The summed E-state index contributed by atoms with van der Waals surface area (Å²) in [5, 5.41) is 12.6. The highest BCUT2D eigenvalue weighted by Gasteiger charge is 2.15. The van der Waals surface area contributed by atoms with Gasteiger partial charge in [-0.15, -0.1) is 0 Å². The molecule has 1 fully saturated rings. The Morgan fingerprint density at radius 1 is 1.37 bits per heavy atom. The van der Waals surface area contributed by atoms with Crippen LogP contribution in [0.25, 0.3) is 0 Å². The van der Waals surface area contributed by atoms with Crippen molar-refractivity contribution in [2.24, 2.45) is 5.92 Å². The number of hydrogen-bond acceptors (Lipinski definition) is 2. The number of carbonyl (C=O) groups excluding carboxylic acids is 1. The van der Waals surface area contributed by atoms with Crippen molar-refractivity contribution in [1.82, 2.24) is 5.32 Å². The molecule has 1 aliphatic rings. The van der Waals surface area contributed by atoms with Gasteiger partial charge in [0.2, 0.25) is 0 Å². The molecule has 104 valence electrons. The van der Waals surface area contributed by atoms with Gasteiger partial charge in [-0.1, -0.05) is 25.7 Å². The summed E-state index contributed by atoms with van der Waals surface area (Å²) in [6.07, 6.45) is 7.68. The van der Waals surface area contributed by atoms with Gasteiger partial charge in [-0.25, -0.2) is 0 Å². The zero-order valence-electron chi connectivity index (χ0n) is 11.0. The van der Waals surface area contributed by atoms with Gasteiger partial charge in [0.25, 0.3) is 5.91 Å². The molecule has 0 aromatic heterocycles. The Balaban J connectivity index is 1.75. The molecule has 19 heavy (non-hydrogen) atoms. The fraction of sp³-hybridized carbons (Fsp3) is 0.533. The second-order valence-corrected chi connectivity index (χ2v) is 6.46. The minimum absolute atomic E-state index is 0.0497. The Kier molecular flexibility index (Phi) is 5.48. The summed E-state index contributed by atoms with van der Waals surface area (Å²) in [5.41, 5.74) is 0.368. The number of hydrogen-bond donors (Lipinski definition) is 2. The molecule has 0 heterocycles. The Hall–Kier alpha value is -0.780. The minimum atomic E-state index is -0.178. The smallest absolute Gasteiger partial charge is 0.255 e. The summed E-state index contributed by atoms with van der Waals surface area (Å²) in [7, 11) is 0. The second-order valence-electron chi connectivity index (χ2n) is 5.21. The van der Waals surface area contributed by atoms with Gasteiger partial charge in [0.05, 0.1) is 5.56 Å². The van der Waals surface area contributed by atoms with Crippen molar-refractivity contribution in [2.45, 2.75) is 38.5 Å². The van der Waals surface area contributed by atoms with Gasteiger partial charge >= 0.3 is 0 Å². The van der Waals surface area contributed by atoms with Gasteiger partial charge in [0, 0.05) is 10.1 Å². The van der Waals surface area contributed by atoms with E-state index >= 15 is 0 Å². The van der Waals surface area contributed by atoms with Crippen LogP contribution in [0.5, 0.6) is 5.75 Å². The Labute approximate surface area is 127 Å². The third kappa shape index (κ3) is 4.37. The van der Waals surface area contributed by atoms with Crippen LogP contribution in [0, 0.1) is 9.49 Å². The molecule has 4 heteroatoms. The van der Waals surface area contributed by atoms with E-state index in [1.54, 1.807) is 18.2 Å². The quantitative estimate of drug-likeness (QED) is 0.611. The zero-order valence-corrected chi connectivity index (χ0v) is 13.2. The number of halogens is 1. The molecule has 0 radical (unpaired) electrons. The number of aromatic hydroxyl groups is 1. The molecule has 2 N–H and O–H groups in total. The molecule has 1 saturated carbocycles. The first-order valence-corrected chi connectivity index (χ1v) is 8.01. The van der Waals surface area contributed by atoms with Crippen LogP contribution in [0.3, 0.4) is 0 Å². The van der Waals surface area contributed by atoms with E-state index in [0.29, 0.717) is 12.1 Å². The summed E-state index contributed by atoms with van der Waals surface area (Å²) in [4.78, 5) is 11.9. The van der Waals surface area contributed by atoms with Crippen LogP contribution in [0.15, 0.2) is 18.2 Å². The first-order valence-electron chi connectivity index (χ1n) is 6.93. The molecule has 1 amide bonds. The van der Waals surface area contributed by atoms with E-state index in [0.717, 1.165) is 15.9 Å². The highest BCUT2D eigenvalue weighted by atomic mass is 127. The van der Waals surface area contributed by atoms with Crippen LogP contribution in [-0.4, -0.2) is 17.6 Å². The number of phenols is 1.